The minimum atomic E-state index is 0.659. The van der Waals surface area contributed by atoms with Gasteiger partial charge in [-0.1, -0.05) is 11.6 Å². The van der Waals surface area contributed by atoms with Crippen molar-refractivity contribution >= 4 is 11.6 Å². The van der Waals surface area contributed by atoms with Crippen LogP contribution in [0.1, 0.15) is 0 Å². The van der Waals surface area contributed by atoms with Crippen LogP contribution in [0.3, 0.4) is 0 Å². The van der Waals surface area contributed by atoms with Crippen molar-refractivity contribution in [3.05, 3.63) is 41.9 Å². The van der Waals surface area contributed by atoms with Gasteiger partial charge >= 0.3 is 0 Å². The zero-order chi connectivity index (χ0) is 9.10. The van der Waals surface area contributed by atoms with Crippen LogP contribution < -0.4 is 0 Å². The summed E-state index contributed by atoms with van der Waals surface area (Å²) in [4.78, 5) is 11.8. The Morgan fingerprint density at radius 1 is 0.923 bits per heavy atom. The maximum Gasteiger partial charge on any atom is 0.162 e. The topological polar surface area (TPSA) is 38.7 Å². The van der Waals surface area contributed by atoms with Crippen LogP contribution in [0.25, 0.3) is 11.4 Å². The van der Waals surface area contributed by atoms with Crippen molar-refractivity contribution in [2.45, 2.75) is 0 Å². The van der Waals surface area contributed by atoms with E-state index in [1.807, 2.05) is 12.1 Å². The molecule has 0 spiro atoms. The molecule has 0 fully saturated rings. The van der Waals surface area contributed by atoms with E-state index in [9.17, 15) is 0 Å². The second kappa shape index (κ2) is 3.49. The van der Waals surface area contributed by atoms with Gasteiger partial charge in [0.2, 0.25) is 0 Å². The normalized spacial score (nSPS) is 9.92. The third-order valence-electron chi connectivity index (χ3n) is 1.60. The molecule has 1 aromatic heterocycles. The standard InChI is InChI=1S/C9H6ClN3/c10-8-3-1-7(2-4-8)9-12-5-11-6-13-9/h1-6H. The number of nitrogens with zero attached hydrogens (tertiary/aromatic N) is 3. The SMILES string of the molecule is Clc1ccc(-c2ncncn2)cc1. The van der Waals surface area contributed by atoms with Crippen LogP contribution in [-0.2, 0) is 0 Å². The van der Waals surface area contributed by atoms with Crippen molar-refractivity contribution in [1.82, 2.24) is 15.0 Å². The van der Waals surface area contributed by atoms with E-state index in [-0.39, 0.29) is 0 Å². The van der Waals surface area contributed by atoms with Crippen molar-refractivity contribution in [3.8, 4) is 11.4 Å². The van der Waals surface area contributed by atoms with E-state index in [1.54, 1.807) is 12.1 Å². The molecule has 64 valence electrons. The Morgan fingerprint density at radius 3 is 2.15 bits per heavy atom. The predicted molar refractivity (Wildman–Crippen MR) is 50.3 cm³/mol. The summed E-state index contributed by atoms with van der Waals surface area (Å²) in [6.07, 6.45) is 2.94. The Bertz CT molecular complexity index is 385. The molecule has 0 atom stereocenters. The number of hydrogen-bond acceptors (Lipinski definition) is 3. The highest BCUT2D eigenvalue weighted by Gasteiger charge is 1.98. The summed E-state index contributed by atoms with van der Waals surface area (Å²) in [5.74, 6) is 0.659. The maximum atomic E-state index is 5.75. The third-order valence-corrected chi connectivity index (χ3v) is 1.85. The van der Waals surface area contributed by atoms with Crippen molar-refractivity contribution in [2.24, 2.45) is 0 Å². The smallest absolute Gasteiger partial charge is 0.162 e. The molecule has 0 saturated carbocycles. The first-order chi connectivity index (χ1) is 6.36. The zero-order valence-electron chi connectivity index (χ0n) is 6.68. The van der Waals surface area contributed by atoms with Gasteiger partial charge in [-0.2, -0.15) is 0 Å². The van der Waals surface area contributed by atoms with E-state index in [4.69, 9.17) is 11.6 Å². The first-order valence-corrected chi connectivity index (χ1v) is 4.12. The van der Waals surface area contributed by atoms with Crippen molar-refractivity contribution in [3.63, 3.8) is 0 Å². The molecule has 0 saturated heterocycles. The molecule has 2 rings (SSSR count). The lowest BCUT2D eigenvalue weighted by molar-refractivity contribution is 1.06. The van der Waals surface area contributed by atoms with Crippen molar-refractivity contribution in [1.29, 1.82) is 0 Å². The molecule has 1 heterocycles. The second-order valence-electron chi connectivity index (χ2n) is 2.47. The lowest BCUT2D eigenvalue weighted by atomic mass is 10.2. The average molecular weight is 192 g/mol. The van der Waals surface area contributed by atoms with Gasteiger partial charge in [0.1, 0.15) is 12.7 Å². The van der Waals surface area contributed by atoms with Crippen LogP contribution >= 0.6 is 11.6 Å². The Hall–Kier alpha value is -1.48. The molecule has 0 N–H and O–H groups in total. The molecule has 0 aliphatic carbocycles. The van der Waals surface area contributed by atoms with E-state index in [0.29, 0.717) is 10.8 Å². The number of hydrogen-bond donors (Lipinski definition) is 0. The summed E-state index contributed by atoms with van der Waals surface area (Å²) in [6, 6.07) is 7.36. The molecular formula is C9H6ClN3. The summed E-state index contributed by atoms with van der Waals surface area (Å²) in [7, 11) is 0. The van der Waals surface area contributed by atoms with E-state index < -0.39 is 0 Å². The van der Waals surface area contributed by atoms with Crippen molar-refractivity contribution < 1.29 is 0 Å². The van der Waals surface area contributed by atoms with E-state index in [0.717, 1.165) is 5.56 Å². The fraction of sp³-hybridized carbons (Fsp3) is 0. The van der Waals surface area contributed by atoms with Crippen LogP contribution in [-0.4, -0.2) is 15.0 Å². The van der Waals surface area contributed by atoms with Gasteiger partial charge in [0.05, 0.1) is 0 Å². The molecular weight excluding hydrogens is 186 g/mol. The molecule has 4 heteroatoms. The first-order valence-electron chi connectivity index (χ1n) is 3.74. The van der Waals surface area contributed by atoms with Gasteiger partial charge in [0.15, 0.2) is 5.82 Å². The number of halogens is 1. The number of rotatable bonds is 1. The van der Waals surface area contributed by atoms with Gasteiger partial charge < -0.3 is 0 Å². The highest BCUT2D eigenvalue weighted by molar-refractivity contribution is 6.30. The van der Waals surface area contributed by atoms with Crippen molar-refractivity contribution in [2.75, 3.05) is 0 Å². The Kier molecular flexibility index (Phi) is 2.19. The monoisotopic (exact) mass is 191 g/mol. The van der Waals surface area contributed by atoms with E-state index in [1.165, 1.54) is 12.7 Å². The highest BCUT2D eigenvalue weighted by Crippen LogP contribution is 2.16. The summed E-state index contributed by atoms with van der Waals surface area (Å²) >= 11 is 5.75. The maximum absolute atomic E-state index is 5.75. The van der Waals surface area contributed by atoms with Crippen LogP contribution in [0, 0.1) is 0 Å². The lowest BCUT2D eigenvalue weighted by Gasteiger charge is -1.97. The minimum Gasteiger partial charge on any atom is -0.225 e. The molecule has 0 radical (unpaired) electrons. The Labute approximate surface area is 80.5 Å². The molecule has 3 nitrogen and oxygen atoms in total. The fourth-order valence-electron chi connectivity index (χ4n) is 0.987. The van der Waals surface area contributed by atoms with Crippen LogP contribution in [0.5, 0.6) is 0 Å². The average Bonchev–Trinajstić information content (AvgIpc) is 2.20. The van der Waals surface area contributed by atoms with Crippen LogP contribution in [0.15, 0.2) is 36.9 Å². The Morgan fingerprint density at radius 2 is 1.54 bits per heavy atom. The molecule has 0 aliphatic heterocycles. The Balaban J connectivity index is 2.42. The molecule has 0 unspecified atom stereocenters. The minimum absolute atomic E-state index is 0.659. The molecule has 1 aromatic carbocycles. The quantitative estimate of drug-likeness (QED) is 0.694. The lowest BCUT2D eigenvalue weighted by Crippen LogP contribution is -1.87. The fourth-order valence-corrected chi connectivity index (χ4v) is 1.11. The molecule has 0 amide bonds. The highest BCUT2D eigenvalue weighted by atomic mass is 35.5. The number of aromatic nitrogens is 3. The van der Waals surface area contributed by atoms with E-state index >= 15 is 0 Å². The number of benzene rings is 1. The zero-order valence-corrected chi connectivity index (χ0v) is 7.44. The van der Waals surface area contributed by atoms with Crippen LogP contribution in [0.2, 0.25) is 5.02 Å². The van der Waals surface area contributed by atoms with Gasteiger partial charge in [0, 0.05) is 10.6 Å². The summed E-state index contributed by atoms with van der Waals surface area (Å²) in [6.45, 7) is 0. The van der Waals surface area contributed by atoms with Gasteiger partial charge in [-0.3, -0.25) is 0 Å². The predicted octanol–water partition coefficient (Wildman–Crippen LogP) is 2.19. The summed E-state index contributed by atoms with van der Waals surface area (Å²) in [5.41, 5.74) is 0.937. The second-order valence-corrected chi connectivity index (χ2v) is 2.91. The van der Waals surface area contributed by atoms with Crippen LogP contribution in [0.4, 0.5) is 0 Å². The summed E-state index contributed by atoms with van der Waals surface area (Å²) in [5, 5.41) is 0.706. The molecule has 13 heavy (non-hydrogen) atoms. The van der Waals surface area contributed by atoms with Gasteiger partial charge in [-0.25, -0.2) is 15.0 Å². The van der Waals surface area contributed by atoms with Gasteiger partial charge in [-0.15, -0.1) is 0 Å². The molecule has 2 aromatic rings. The van der Waals surface area contributed by atoms with Gasteiger partial charge in [0.25, 0.3) is 0 Å². The van der Waals surface area contributed by atoms with Gasteiger partial charge in [-0.05, 0) is 24.3 Å². The third kappa shape index (κ3) is 1.81. The van der Waals surface area contributed by atoms with E-state index in [2.05, 4.69) is 15.0 Å². The summed E-state index contributed by atoms with van der Waals surface area (Å²) < 4.78 is 0. The molecule has 0 bridgehead atoms. The molecule has 0 aliphatic rings. The first kappa shape index (κ1) is 8.13. The largest absolute Gasteiger partial charge is 0.225 e.